The van der Waals surface area contributed by atoms with E-state index in [1.54, 1.807) is 31.4 Å². The number of rotatable bonds is 10. The molecule has 0 radical (unpaired) electrons. The van der Waals surface area contributed by atoms with E-state index < -0.39 is 0 Å². The summed E-state index contributed by atoms with van der Waals surface area (Å²) >= 11 is 0. The second kappa shape index (κ2) is 10.8. The molecule has 1 aliphatic carbocycles. The Balaban J connectivity index is 1.60. The van der Waals surface area contributed by atoms with Gasteiger partial charge in [-0.15, -0.1) is 0 Å². The van der Waals surface area contributed by atoms with Gasteiger partial charge in [0.2, 0.25) is 5.91 Å². The smallest absolute Gasteiger partial charge is 0.251 e. The SMILES string of the molecule is CCCCC(Cc1cccc(OC)c1)NC(=O)c1ccc(NC(=O)C2CCC2)cc1. The van der Waals surface area contributed by atoms with Crippen LogP contribution in [0.1, 0.15) is 61.4 Å². The van der Waals surface area contributed by atoms with E-state index in [0.29, 0.717) is 5.56 Å². The molecule has 1 unspecified atom stereocenters. The van der Waals surface area contributed by atoms with Crippen molar-refractivity contribution in [2.45, 2.75) is 57.9 Å². The fraction of sp³-hybridized carbons (Fsp3) is 0.440. The number of amides is 2. The number of unbranched alkanes of at least 4 members (excludes halogenated alkanes) is 1. The molecular weight excluding hydrogens is 376 g/mol. The lowest BCUT2D eigenvalue weighted by Crippen LogP contribution is -2.36. The predicted molar refractivity (Wildman–Crippen MR) is 120 cm³/mol. The molecule has 0 heterocycles. The normalized spacial score (nSPS) is 14.5. The van der Waals surface area contributed by atoms with Crippen LogP contribution in [0.25, 0.3) is 0 Å². The molecule has 1 fully saturated rings. The maximum absolute atomic E-state index is 12.8. The molecule has 1 aliphatic rings. The number of carbonyl (C=O) groups excluding carboxylic acids is 2. The van der Waals surface area contributed by atoms with Gasteiger partial charge in [0.15, 0.2) is 0 Å². The second-order valence-electron chi connectivity index (χ2n) is 8.06. The van der Waals surface area contributed by atoms with Crippen LogP contribution in [-0.2, 0) is 11.2 Å². The maximum atomic E-state index is 12.8. The van der Waals surface area contributed by atoms with Gasteiger partial charge in [0.25, 0.3) is 5.91 Å². The first-order valence-electron chi connectivity index (χ1n) is 10.9. The van der Waals surface area contributed by atoms with Gasteiger partial charge < -0.3 is 15.4 Å². The highest BCUT2D eigenvalue weighted by molar-refractivity contribution is 5.96. The highest BCUT2D eigenvalue weighted by Crippen LogP contribution is 2.27. The van der Waals surface area contributed by atoms with Crippen molar-refractivity contribution in [1.82, 2.24) is 5.32 Å². The van der Waals surface area contributed by atoms with Crippen molar-refractivity contribution in [3.63, 3.8) is 0 Å². The molecule has 0 aliphatic heterocycles. The second-order valence-corrected chi connectivity index (χ2v) is 8.06. The van der Waals surface area contributed by atoms with Crippen LogP contribution in [0.2, 0.25) is 0 Å². The number of benzene rings is 2. The van der Waals surface area contributed by atoms with Crippen molar-refractivity contribution in [1.29, 1.82) is 0 Å². The number of hydrogen-bond donors (Lipinski definition) is 2. The quantitative estimate of drug-likeness (QED) is 0.583. The highest BCUT2D eigenvalue weighted by Gasteiger charge is 2.25. The number of nitrogens with one attached hydrogen (secondary N) is 2. The molecule has 0 saturated heterocycles. The first kappa shape index (κ1) is 21.9. The van der Waals surface area contributed by atoms with Gasteiger partial charge in [-0.25, -0.2) is 0 Å². The lowest BCUT2D eigenvalue weighted by molar-refractivity contribution is -0.122. The standard InChI is InChI=1S/C25H32N2O3/c1-3-4-10-22(16-18-7-5-11-23(17-18)30-2)27-25(29)20-12-14-21(15-13-20)26-24(28)19-8-6-9-19/h5,7,11-15,17,19,22H,3-4,6,8-10,16H2,1-2H3,(H,26,28)(H,27,29). The van der Waals surface area contributed by atoms with Crippen LogP contribution >= 0.6 is 0 Å². The summed E-state index contributed by atoms with van der Waals surface area (Å²) in [7, 11) is 1.66. The minimum atomic E-state index is -0.0872. The predicted octanol–water partition coefficient (Wildman–Crippen LogP) is 4.97. The Kier molecular flexibility index (Phi) is 7.89. The number of hydrogen-bond acceptors (Lipinski definition) is 3. The van der Waals surface area contributed by atoms with Crippen molar-refractivity contribution in [2.75, 3.05) is 12.4 Å². The zero-order valence-corrected chi connectivity index (χ0v) is 17.9. The monoisotopic (exact) mass is 408 g/mol. The van der Waals surface area contributed by atoms with Crippen LogP contribution in [-0.4, -0.2) is 25.0 Å². The zero-order valence-electron chi connectivity index (χ0n) is 17.9. The average molecular weight is 409 g/mol. The number of ether oxygens (including phenoxy) is 1. The van der Waals surface area contributed by atoms with Gasteiger partial charge in [-0.3, -0.25) is 9.59 Å². The third kappa shape index (κ3) is 6.09. The van der Waals surface area contributed by atoms with Crippen LogP contribution in [0.5, 0.6) is 5.75 Å². The van der Waals surface area contributed by atoms with Crippen molar-refractivity contribution < 1.29 is 14.3 Å². The summed E-state index contributed by atoms with van der Waals surface area (Å²) in [4.78, 5) is 24.9. The molecule has 0 bridgehead atoms. The Morgan fingerprint density at radius 3 is 2.53 bits per heavy atom. The third-order valence-electron chi connectivity index (χ3n) is 5.75. The van der Waals surface area contributed by atoms with E-state index in [1.807, 2.05) is 18.2 Å². The number of methoxy groups -OCH3 is 1. The molecule has 3 rings (SSSR count). The summed E-state index contributed by atoms with van der Waals surface area (Å²) in [6.07, 6.45) is 6.90. The Hall–Kier alpha value is -2.82. The molecule has 2 aromatic carbocycles. The number of anilines is 1. The topological polar surface area (TPSA) is 67.4 Å². The van der Waals surface area contributed by atoms with E-state index in [2.05, 4.69) is 23.6 Å². The lowest BCUT2D eigenvalue weighted by atomic mass is 9.85. The summed E-state index contributed by atoms with van der Waals surface area (Å²) in [6, 6.07) is 15.2. The van der Waals surface area contributed by atoms with Gasteiger partial charge in [0.05, 0.1) is 7.11 Å². The molecule has 1 saturated carbocycles. The molecule has 2 amide bonds. The van der Waals surface area contributed by atoms with Gasteiger partial charge in [-0.1, -0.05) is 38.3 Å². The summed E-state index contributed by atoms with van der Waals surface area (Å²) < 4.78 is 5.31. The van der Waals surface area contributed by atoms with Gasteiger partial charge in [0.1, 0.15) is 5.75 Å². The largest absolute Gasteiger partial charge is 0.497 e. The molecule has 5 nitrogen and oxygen atoms in total. The molecular formula is C25H32N2O3. The van der Waals surface area contributed by atoms with Crippen LogP contribution in [0.15, 0.2) is 48.5 Å². The molecule has 2 N–H and O–H groups in total. The fourth-order valence-electron chi connectivity index (χ4n) is 3.65. The summed E-state index contributed by atoms with van der Waals surface area (Å²) in [6.45, 7) is 2.15. The van der Waals surface area contributed by atoms with Crippen LogP contribution in [0.3, 0.4) is 0 Å². The van der Waals surface area contributed by atoms with E-state index in [1.165, 1.54) is 0 Å². The summed E-state index contributed by atoms with van der Waals surface area (Å²) in [5.74, 6) is 0.962. The van der Waals surface area contributed by atoms with E-state index in [0.717, 1.165) is 61.9 Å². The summed E-state index contributed by atoms with van der Waals surface area (Å²) in [5.41, 5.74) is 2.48. The van der Waals surface area contributed by atoms with Gasteiger partial charge in [-0.2, -0.15) is 0 Å². The Bertz CT molecular complexity index is 844. The van der Waals surface area contributed by atoms with Crippen molar-refractivity contribution in [2.24, 2.45) is 5.92 Å². The first-order chi connectivity index (χ1) is 14.6. The van der Waals surface area contributed by atoms with E-state index in [-0.39, 0.29) is 23.8 Å². The van der Waals surface area contributed by atoms with Crippen molar-refractivity contribution in [3.05, 3.63) is 59.7 Å². The van der Waals surface area contributed by atoms with Gasteiger partial charge in [-0.05, 0) is 67.6 Å². The minimum absolute atomic E-state index is 0.0579. The Labute approximate surface area is 179 Å². The maximum Gasteiger partial charge on any atom is 0.251 e. The van der Waals surface area contributed by atoms with Gasteiger partial charge in [0, 0.05) is 23.2 Å². The van der Waals surface area contributed by atoms with E-state index >= 15 is 0 Å². The summed E-state index contributed by atoms with van der Waals surface area (Å²) in [5, 5.41) is 6.12. The molecule has 0 aromatic heterocycles. The lowest BCUT2D eigenvalue weighted by Gasteiger charge is -2.24. The highest BCUT2D eigenvalue weighted by atomic mass is 16.5. The molecule has 2 aromatic rings. The average Bonchev–Trinajstić information content (AvgIpc) is 2.71. The van der Waals surface area contributed by atoms with Crippen molar-refractivity contribution in [3.8, 4) is 5.75 Å². The fourth-order valence-corrected chi connectivity index (χ4v) is 3.65. The first-order valence-corrected chi connectivity index (χ1v) is 10.9. The molecule has 0 spiro atoms. The van der Waals surface area contributed by atoms with E-state index in [4.69, 9.17) is 4.74 Å². The molecule has 1 atom stereocenters. The third-order valence-corrected chi connectivity index (χ3v) is 5.75. The van der Waals surface area contributed by atoms with Crippen molar-refractivity contribution >= 4 is 17.5 Å². The Morgan fingerprint density at radius 2 is 1.90 bits per heavy atom. The minimum Gasteiger partial charge on any atom is -0.497 e. The molecule has 160 valence electrons. The van der Waals surface area contributed by atoms with Crippen LogP contribution in [0.4, 0.5) is 5.69 Å². The van der Waals surface area contributed by atoms with Crippen LogP contribution in [0, 0.1) is 5.92 Å². The Morgan fingerprint density at radius 1 is 1.13 bits per heavy atom. The zero-order chi connectivity index (χ0) is 21.3. The molecule has 5 heteroatoms. The molecule has 30 heavy (non-hydrogen) atoms. The van der Waals surface area contributed by atoms with Gasteiger partial charge >= 0.3 is 0 Å². The van der Waals surface area contributed by atoms with E-state index in [9.17, 15) is 9.59 Å². The van der Waals surface area contributed by atoms with Crippen LogP contribution < -0.4 is 15.4 Å². The number of carbonyl (C=O) groups is 2.